The van der Waals surface area contributed by atoms with Gasteiger partial charge in [-0.1, -0.05) is 0 Å². The summed E-state index contributed by atoms with van der Waals surface area (Å²) in [6.45, 7) is 3.18. The number of aryl methyl sites for hydroxylation is 1. The maximum absolute atomic E-state index is 12.0. The second-order valence-corrected chi connectivity index (χ2v) is 7.72. The third-order valence-electron chi connectivity index (χ3n) is 2.64. The normalized spacial score (nSPS) is 15.3. The molecule has 2 aromatic rings. The molecule has 1 unspecified atom stereocenters. The second-order valence-electron chi connectivity index (χ2n) is 4.44. The molecule has 19 heavy (non-hydrogen) atoms. The van der Waals surface area contributed by atoms with Crippen molar-refractivity contribution in [2.24, 2.45) is 0 Å². The highest BCUT2D eigenvalue weighted by Crippen LogP contribution is 2.23. The zero-order chi connectivity index (χ0) is 14.1. The molecule has 0 fully saturated rings. The lowest BCUT2D eigenvalue weighted by Gasteiger charge is -2.20. The molecule has 0 aromatic carbocycles. The summed E-state index contributed by atoms with van der Waals surface area (Å²) in [5, 5.41) is 10.2. The van der Waals surface area contributed by atoms with Crippen LogP contribution in [0.2, 0.25) is 0 Å². The minimum Gasteiger partial charge on any atom is -0.466 e. The summed E-state index contributed by atoms with van der Waals surface area (Å²) in [6.07, 6.45) is 1.43. The topological polar surface area (TPSA) is 79.5 Å². The molecule has 7 heteroatoms. The van der Waals surface area contributed by atoms with E-state index in [2.05, 4.69) is 4.72 Å². The van der Waals surface area contributed by atoms with Crippen LogP contribution in [0.15, 0.2) is 39.2 Å². The van der Waals surface area contributed by atoms with Gasteiger partial charge in [-0.15, -0.1) is 11.3 Å². The average molecular weight is 301 g/mol. The van der Waals surface area contributed by atoms with Crippen LogP contribution in [-0.2, 0) is 15.6 Å². The van der Waals surface area contributed by atoms with Gasteiger partial charge in [-0.3, -0.25) is 0 Å². The van der Waals surface area contributed by atoms with E-state index in [1.807, 2.05) is 6.92 Å². The number of sulfonamides is 1. The lowest BCUT2D eigenvalue weighted by Crippen LogP contribution is -2.38. The molecule has 104 valence electrons. The number of aliphatic hydroxyl groups is 1. The smallest absolute Gasteiger partial charge is 0.250 e. The maximum Gasteiger partial charge on any atom is 0.250 e. The molecule has 2 heterocycles. The summed E-state index contributed by atoms with van der Waals surface area (Å²) in [7, 11) is -3.60. The minimum absolute atomic E-state index is 0.153. The quantitative estimate of drug-likeness (QED) is 0.883. The summed E-state index contributed by atoms with van der Waals surface area (Å²) >= 11 is 1.19. The fourth-order valence-electron chi connectivity index (χ4n) is 1.54. The minimum atomic E-state index is -3.60. The van der Waals surface area contributed by atoms with Crippen LogP contribution in [0.1, 0.15) is 17.6 Å². The summed E-state index contributed by atoms with van der Waals surface area (Å²) in [6, 6.07) is 6.53. The average Bonchev–Trinajstić information content (AvgIpc) is 2.97. The SMILES string of the molecule is Cc1ccc(S(=O)(=O)NCC(C)(O)c2ccco2)s1. The van der Waals surface area contributed by atoms with E-state index in [9.17, 15) is 13.5 Å². The van der Waals surface area contributed by atoms with Gasteiger partial charge in [0, 0.05) is 11.4 Å². The second kappa shape index (κ2) is 5.09. The number of thiophene rings is 1. The Morgan fingerprint density at radius 3 is 2.68 bits per heavy atom. The van der Waals surface area contributed by atoms with E-state index in [0.717, 1.165) is 4.88 Å². The summed E-state index contributed by atoms with van der Waals surface area (Å²) in [5.74, 6) is 0.317. The van der Waals surface area contributed by atoms with E-state index in [1.165, 1.54) is 24.5 Å². The lowest BCUT2D eigenvalue weighted by atomic mass is 10.1. The first-order valence-electron chi connectivity index (χ1n) is 5.64. The highest BCUT2D eigenvalue weighted by molar-refractivity contribution is 7.91. The van der Waals surface area contributed by atoms with E-state index in [4.69, 9.17) is 4.42 Å². The zero-order valence-electron chi connectivity index (χ0n) is 10.6. The van der Waals surface area contributed by atoms with Crippen molar-refractivity contribution < 1.29 is 17.9 Å². The van der Waals surface area contributed by atoms with Gasteiger partial charge in [0.05, 0.1) is 6.26 Å². The molecule has 2 rings (SSSR count). The molecule has 0 amide bonds. The molecule has 5 nitrogen and oxygen atoms in total. The lowest BCUT2D eigenvalue weighted by molar-refractivity contribution is 0.0396. The van der Waals surface area contributed by atoms with E-state index in [0.29, 0.717) is 5.76 Å². The van der Waals surface area contributed by atoms with Crippen LogP contribution in [0.5, 0.6) is 0 Å². The van der Waals surface area contributed by atoms with Crippen LogP contribution in [-0.4, -0.2) is 20.1 Å². The molecule has 0 spiro atoms. The van der Waals surface area contributed by atoms with Crippen molar-refractivity contribution in [1.29, 1.82) is 0 Å². The van der Waals surface area contributed by atoms with Crippen LogP contribution in [0.25, 0.3) is 0 Å². The largest absolute Gasteiger partial charge is 0.466 e. The van der Waals surface area contributed by atoms with Gasteiger partial charge in [0.1, 0.15) is 15.6 Å². The monoisotopic (exact) mass is 301 g/mol. The Labute approximate surface area is 115 Å². The van der Waals surface area contributed by atoms with Crippen molar-refractivity contribution >= 4 is 21.4 Å². The fourth-order valence-corrected chi connectivity index (χ4v) is 4.00. The highest BCUT2D eigenvalue weighted by atomic mass is 32.2. The zero-order valence-corrected chi connectivity index (χ0v) is 12.2. The Morgan fingerprint density at radius 1 is 1.42 bits per heavy atom. The van der Waals surface area contributed by atoms with E-state index >= 15 is 0 Å². The van der Waals surface area contributed by atoms with Gasteiger partial charge in [0.25, 0.3) is 0 Å². The number of rotatable bonds is 5. The number of nitrogens with one attached hydrogen (secondary N) is 1. The molecule has 0 bridgehead atoms. The molecule has 0 radical (unpaired) electrons. The molecule has 2 N–H and O–H groups in total. The third-order valence-corrected chi connectivity index (χ3v) is 5.53. The van der Waals surface area contributed by atoms with Crippen molar-refractivity contribution in [1.82, 2.24) is 4.72 Å². The van der Waals surface area contributed by atoms with Crippen molar-refractivity contribution in [2.45, 2.75) is 23.7 Å². The van der Waals surface area contributed by atoms with Crippen LogP contribution in [0.4, 0.5) is 0 Å². The van der Waals surface area contributed by atoms with Crippen LogP contribution in [0.3, 0.4) is 0 Å². The van der Waals surface area contributed by atoms with Gasteiger partial charge in [-0.2, -0.15) is 0 Å². The number of furan rings is 1. The standard InChI is InChI=1S/C12H15NO4S2/c1-9-5-6-11(18-9)19(15,16)13-8-12(2,14)10-4-3-7-17-10/h3-7,13-14H,8H2,1-2H3. The van der Waals surface area contributed by atoms with Gasteiger partial charge in [0.15, 0.2) is 0 Å². The summed E-state index contributed by atoms with van der Waals surface area (Å²) in [4.78, 5) is 0.915. The van der Waals surface area contributed by atoms with Crippen LogP contribution < -0.4 is 4.72 Å². The Hall–Kier alpha value is -1.15. The first kappa shape index (κ1) is 14.3. The highest BCUT2D eigenvalue weighted by Gasteiger charge is 2.29. The van der Waals surface area contributed by atoms with Crippen molar-refractivity contribution in [3.05, 3.63) is 41.2 Å². The van der Waals surface area contributed by atoms with Crippen LogP contribution in [0, 0.1) is 6.92 Å². The first-order chi connectivity index (χ1) is 8.81. The summed E-state index contributed by atoms with van der Waals surface area (Å²) in [5.41, 5.74) is -1.39. The van der Waals surface area contributed by atoms with E-state index in [-0.39, 0.29) is 10.8 Å². The Morgan fingerprint density at radius 2 is 2.16 bits per heavy atom. The van der Waals surface area contributed by atoms with Crippen molar-refractivity contribution in [3.63, 3.8) is 0 Å². The van der Waals surface area contributed by atoms with Gasteiger partial charge in [-0.25, -0.2) is 13.1 Å². The van der Waals surface area contributed by atoms with Gasteiger partial charge >= 0.3 is 0 Å². The fraction of sp³-hybridized carbons (Fsp3) is 0.333. The summed E-state index contributed by atoms with van der Waals surface area (Å²) < 4.78 is 31.8. The molecular weight excluding hydrogens is 286 g/mol. The molecule has 0 saturated heterocycles. The molecule has 0 aliphatic carbocycles. The molecular formula is C12H15NO4S2. The Bertz CT molecular complexity index is 641. The van der Waals surface area contributed by atoms with E-state index < -0.39 is 15.6 Å². The van der Waals surface area contributed by atoms with Crippen molar-refractivity contribution in [3.8, 4) is 0 Å². The molecule has 2 aromatic heterocycles. The molecule has 1 atom stereocenters. The number of hydrogen-bond acceptors (Lipinski definition) is 5. The molecule has 0 saturated carbocycles. The van der Waals surface area contributed by atoms with Gasteiger partial charge in [-0.05, 0) is 38.1 Å². The predicted molar refractivity (Wildman–Crippen MR) is 72.5 cm³/mol. The first-order valence-corrected chi connectivity index (χ1v) is 7.94. The Balaban J connectivity index is 2.10. The van der Waals surface area contributed by atoms with Crippen LogP contribution >= 0.6 is 11.3 Å². The Kier molecular flexibility index (Phi) is 3.82. The third kappa shape index (κ3) is 3.24. The van der Waals surface area contributed by atoms with E-state index in [1.54, 1.807) is 24.3 Å². The predicted octanol–water partition coefficient (Wildman–Crippen LogP) is 1.84. The van der Waals surface area contributed by atoms with Gasteiger partial charge in [0.2, 0.25) is 10.0 Å². The molecule has 0 aliphatic heterocycles. The maximum atomic E-state index is 12.0. The molecule has 0 aliphatic rings. The number of hydrogen-bond donors (Lipinski definition) is 2. The van der Waals surface area contributed by atoms with Gasteiger partial charge < -0.3 is 9.52 Å². The van der Waals surface area contributed by atoms with Crippen molar-refractivity contribution in [2.75, 3.05) is 6.54 Å².